The SMILES string of the molecule is CC(=O)OC1(OC(C)=O)CCC(c2ccc(O)cc2O)CC1Cc1ccccc1. The smallest absolute Gasteiger partial charge is 0.305 e. The van der Waals surface area contributed by atoms with Gasteiger partial charge in [0.2, 0.25) is 0 Å². The molecule has 2 unspecified atom stereocenters. The number of carbonyl (C=O) groups is 2. The van der Waals surface area contributed by atoms with Crippen molar-refractivity contribution in [2.24, 2.45) is 5.92 Å². The zero-order valence-electron chi connectivity index (χ0n) is 16.6. The average Bonchev–Trinajstić information content (AvgIpc) is 2.64. The minimum Gasteiger partial charge on any atom is -0.508 e. The summed E-state index contributed by atoms with van der Waals surface area (Å²) in [6.45, 7) is 2.62. The Balaban J connectivity index is 1.96. The highest BCUT2D eigenvalue weighted by atomic mass is 16.7. The number of phenolic OH excluding ortho intramolecular Hbond substituents is 2. The summed E-state index contributed by atoms with van der Waals surface area (Å²) >= 11 is 0. The van der Waals surface area contributed by atoms with Crippen molar-refractivity contribution >= 4 is 11.9 Å². The Morgan fingerprint density at radius 3 is 2.28 bits per heavy atom. The molecule has 6 heteroatoms. The molecule has 1 saturated carbocycles. The van der Waals surface area contributed by atoms with Crippen molar-refractivity contribution in [1.29, 1.82) is 0 Å². The fraction of sp³-hybridized carbons (Fsp3) is 0.391. The first-order valence-electron chi connectivity index (χ1n) is 9.74. The van der Waals surface area contributed by atoms with Crippen LogP contribution in [0.25, 0.3) is 0 Å². The Kier molecular flexibility index (Phi) is 6.11. The van der Waals surface area contributed by atoms with E-state index in [4.69, 9.17) is 9.47 Å². The molecule has 0 amide bonds. The topological polar surface area (TPSA) is 93.1 Å². The van der Waals surface area contributed by atoms with Gasteiger partial charge in [0.15, 0.2) is 0 Å². The number of hydrogen-bond donors (Lipinski definition) is 2. The van der Waals surface area contributed by atoms with E-state index in [1.54, 1.807) is 12.1 Å². The molecule has 0 saturated heterocycles. The molecular weight excluding hydrogens is 372 g/mol. The Hall–Kier alpha value is -3.02. The standard InChI is InChI=1S/C23H26O6/c1-15(24)28-23(29-16(2)25)11-10-18(21-9-8-20(26)14-22(21)27)13-19(23)12-17-6-4-3-5-7-17/h3-9,14,18-19,26-27H,10-13H2,1-2H3. The van der Waals surface area contributed by atoms with Crippen LogP contribution in [0.3, 0.4) is 0 Å². The quantitative estimate of drug-likeness (QED) is 0.583. The van der Waals surface area contributed by atoms with E-state index in [-0.39, 0.29) is 23.3 Å². The number of esters is 2. The van der Waals surface area contributed by atoms with Gasteiger partial charge in [-0.3, -0.25) is 9.59 Å². The number of ether oxygens (including phenoxy) is 2. The van der Waals surface area contributed by atoms with E-state index in [2.05, 4.69) is 0 Å². The molecule has 29 heavy (non-hydrogen) atoms. The predicted octanol–water partition coefficient (Wildman–Crippen LogP) is 4.05. The highest BCUT2D eigenvalue weighted by molar-refractivity contribution is 5.69. The van der Waals surface area contributed by atoms with Gasteiger partial charge >= 0.3 is 11.9 Å². The second-order valence-electron chi connectivity index (χ2n) is 7.60. The summed E-state index contributed by atoms with van der Waals surface area (Å²) in [5, 5.41) is 19.9. The summed E-state index contributed by atoms with van der Waals surface area (Å²) in [5.41, 5.74) is 1.76. The van der Waals surface area contributed by atoms with E-state index in [1.165, 1.54) is 19.9 Å². The summed E-state index contributed by atoms with van der Waals surface area (Å²) in [4.78, 5) is 23.7. The number of rotatable bonds is 5. The summed E-state index contributed by atoms with van der Waals surface area (Å²) in [7, 11) is 0. The van der Waals surface area contributed by atoms with Crippen LogP contribution in [0.5, 0.6) is 11.5 Å². The van der Waals surface area contributed by atoms with Crippen LogP contribution in [0.2, 0.25) is 0 Å². The van der Waals surface area contributed by atoms with Gasteiger partial charge in [0.25, 0.3) is 5.79 Å². The highest BCUT2D eigenvalue weighted by Gasteiger charge is 2.49. The molecule has 0 aromatic heterocycles. The lowest BCUT2D eigenvalue weighted by Crippen LogP contribution is -2.50. The van der Waals surface area contributed by atoms with Gasteiger partial charge in [-0.05, 0) is 42.4 Å². The van der Waals surface area contributed by atoms with Crippen molar-refractivity contribution in [3.63, 3.8) is 0 Å². The maximum Gasteiger partial charge on any atom is 0.305 e. The van der Waals surface area contributed by atoms with Crippen molar-refractivity contribution in [3.8, 4) is 11.5 Å². The summed E-state index contributed by atoms with van der Waals surface area (Å²) in [5.74, 6) is -2.63. The van der Waals surface area contributed by atoms with E-state index >= 15 is 0 Å². The molecule has 0 bridgehead atoms. The second kappa shape index (κ2) is 8.55. The molecule has 2 aromatic carbocycles. The molecule has 0 spiro atoms. The minimum absolute atomic E-state index is 0.00271. The van der Waals surface area contributed by atoms with Crippen LogP contribution in [-0.4, -0.2) is 27.9 Å². The predicted molar refractivity (Wildman–Crippen MR) is 106 cm³/mol. The monoisotopic (exact) mass is 398 g/mol. The Bertz CT molecular complexity index is 860. The first-order valence-corrected chi connectivity index (χ1v) is 9.74. The van der Waals surface area contributed by atoms with Gasteiger partial charge in [-0.25, -0.2) is 0 Å². The first kappa shape index (κ1) is 20.7. The normalized spacial score (nSPS) is 20.6. The molecular formula is C23H26O6. The fourth-order valence-electron chi connectivity index (χ4n) is 4.29. The van der Waals surface area contributed by atoms with Gasteiger partial charge in [0.1, 0.15) is 11.5 Å². The first-order chi connectivity index (χ1) is 13.8. The van der Waals surface area contributed by atoms with Crippen molar-refractivity contribution in [2.75, 3.05) is 0 Å². The molecule has 1 fully saturated rings. The summed E-state index contributed by atoms with van der Waals surface area (Å²) in [6.07, 6.45) is 1.99. The number of aromatic hydroxyl groups is 2. The maximum absolute atomic E-state index is 11.9. The largest absolute Gasteiger partial charge is 0.508 e. The van der Waals surface area contributed by atoms with Crippen LogP contribution >= 0.6 is 0 Å². The zero-order chi connectivity index (χ0) is 21.0. The van der Waals surface area contributed by atoms with Crippen LogP contribution in [0.1, 0.15) is 50.2 Å². The van der Waals surface area contributed by atoms with Gasteiger partial charge in [0, 0.05) is 32.3 Å². The lowest BCUT2D eigenvalue weighted by atomic mass is 9.71. The van der Waals surface area contributed by atoms with Crippen molar-refractivity contribution in [3.05, 3.63) is 59.7 Å². The van der Waals surface area contributed by atoms with Gasteiger partial charge in [-0.15, -0.1) is 0 Å². The number of carbonyl (C=O) groups excluding carboxylic acids is 2. The highest BCUT2D eigenvalue weighted by Crippen LogP contribution is 2.48. The third kappa shape index (κ3) is 4.88. The van der Waals surface area contributed by atoms with E-state index in [9.17, 15) is 19.8 Å². The molecule has 2 atom stereocenters. The lowest BCUT2D eigenvalue weighted by molar-refractivity contribution is -0.257. The van der Waals surface area contributed by atoms with Crippen molar-refractivity contribution < 1.29 is 29.3 Å². The van der Waals surface area contributed by atoms with E-state index in [1.807, 2.05) is 30.3 Å². The number of benzene rings is 2. The molecule has 3 rings (SSSR count). The van der Waals surface area contributed by atoms with Gasteiger partial charge in [-0.1, -0.05) is 36.4 Å². The van der Waals surface area contributed by atoms with Crippen LogP contribution in [0.4, 0.5) is 0 Å². The van der Waals surface area contributed by atoms with E-state index in [0.29, 0.717) is 25.7 Å². The fourth-order valence-corrected chi connectivity index (χ4v) is 4.29. The molecule has 1 aliphatic carbocycles. The van der Waals surface area contributed by atoms with Gasteiger partial charge in [-0.2, -0.15) is 0 Å². The van der Waals surface area contributed by atoms with Crippen molar-refractivity contribution in [1.82, 2.24) is 0 Å². The van der Waals surface area contributed by atoms with Crippen LogP contribution in [0, 0.1) is 5.92 Å². The van der Waals surface area contributed by atoms with Crippen LogP contribution < -0.4 is 0 Å². The van der Waals surface area contributed by atoms with Crippen molar-refractivity contribution in [2.45, 2.75) is 51.2 Å². The Morgan fingerprint density at radius 2 is 1.69 bits per heavy atom. The second-order valence-corrected chi connectivity index (χ2v) is 7.60. The molecule has 2 aromatic rings. The summed E-state index contributed by atoms with van der Waals surface area (Å²) in [6, 6.07) is 14.3. The molecule has 0 heterocycles. The molecule has 154 valence electrons. The van der Waals surface area contributed by atoms with E-state index < -0.39 is 17.7 Å². The molecule has 2 N–H and O–H groups in total. The summed E-state index contributed by atoms with van der Waals surface area (Å²) < 4.78 is 11.2. The molecule has 1 aliphatic rings. The van der Waals surface area contributed by atoms with E-state index in [0.717, 1.165) is 11.1 Å². The molecule has 0 radical (unpaired) electrons. The van der Waals surface area contributed by atoms with Gasteiger partial charge in [0.05, 0.1) is 0 Å². The number of phenols is 2. The Labute approximate surface area is 170 Å². The lowest BCUT2D eigenvalue weighted by Gasteiger charge is -2.44. The zero-order valence-corrected chi connectivity index (χ0v) is 16.6. The van der Waals surface area contributed by atoms with Gasteiger partial charge < -0.3 is 19.7 Å². The third-order valence-corrected chi connectivity index (χ3v) is 5.44. The van der Waals surface area contributed by atoms with Crippen LogP contribution in [-0.2, 0) is 25.5 Å². The average molecular weight is 398 g/mol. The number of hydrogen-bond acceptors (Lipinski definition) is 6. The molecule has 6 nitrogen and oxygen atoms in total. The van der Waals surface area contributed by atoms with Crippen LogP contribution in [0.15, 0.2) is 48.5 Å². The maximum atomic E-state index is 11.9. The third-order valence-electron chi connectivity index (χ3n) is 5.44. The molecule has 0 aliphatic heterocycles. The minimum atomic E-state index is -1.34. The Morgan fingerprint density at radius 1 is 1.03 bits per heavy atom.